The second-order valence-corrected chi connectivity index (χ2v) is 2.68. The number of carbonyl (C=O) groups excluding carboxylic acids is 2. The van der Waals surface area contributed by atoms with Crippen LogP contribution < -0.4 is 5.32 Å². The van der Waals surface area contributed by atoms with Gasteiger partial charge in [-0.1, -0.05) is 6.92 Å². The Balaban J connectivity index is 3.78. The highest BCUT2D eigenvalue weighted by Gasteiger charge is 2.09. The van der Waals surface area contributed by atoms with Crippen LogP contribution in [-0.4, -0.2) is 36.3 Å². The standard InChI is InChI=1S/C7H13ClN2O2/c1-3-4-10(2)7(12)9-6(11)5-8/h3-5H2,1-2H3,(H,9,11,12). The molecule has 0 aromatic carbocycles. The van der Waals surface area contributed by atoms with Gasteiger partial charge in [0.05, 0.1) is 0 Å². The predicted octanol–water partition coefficient (Wildman–Crippen LogP) is 0.803. The summed E-state index contributed by atoms with van der Waals surface area (Å²) in [6.07, 6.45) is 0.860. The van der Waals surface area contributed by atoms with Gasteiger partial charge in [-0.2, -0.15) is 0 Å². The van der Waals surface area contributed by atoms with E-state index in [1.165, 1.54) is 4.90 Å². The normalized spacial score (nSPS) is 9.25. The van der Waals surface area contributed by atoms with Gasteiger partial charge in [-0.05, 0) is 6.42 Å². The summed E-state index contributed by atoms with van der Waals surface area (Å²) in [6, 6.07) is -0.400. The maximum absolute atomic E-state index is 11.0. The van der Waals surface area contributed by atoms with Crippen LogP contribution in [0.5, 0.6) is 0 Å². The van der Waals surface area contributed by atoms with Gasteiger partial charge in [0, 0.05) is 13.6 Å². The molecule has 0 bridgehead atoms. The lowest BCUT2D eigenvalue weighted by atomic mass is 10.4. The van der Waals surface area contributed by atoms with E-state index >= 15 is 0 Å². The van der Waals surface area contributed by atoms with E-state index in [1.807, 2.05) is 6.92 Å². The van der Waals surface area contributed by atoms with Crippen LogP contribution in [0.3, 0.4) is 0 Å². The lowest BCUT2D eigenvalue weighted by Crippen LogP contribution is -2.41. The Morgan fingerprint density at radius 1 is 1.50 bits per heavy atom. The van der Waals surface area contributed by atoms with Crippen LogP contribution in [0.2, 0.25) is 0 Å². The van der Waals surface area contributed by atoms with E-state index in [9.17, 15) is 9.59 Å². The molecule has 0 spiro atoms. The maximum atomic E-state index is 11.0. The summed E-state index contributed by atoms with van der Waals surface area (Å²) < 4.78 is 0. The van der Waals surface area contributed by atoms with Crippen LogP contribution in [0.1, 0.15) is 13.3 Å². The van der Waals surface area contributed by atoms with Gasteiger partial charge < -0.3 is 4.90 Å². The Bertz CT molecular complexity index is 173. The van der Waals surface area contributed by atoms with Crippen LogP contribution >= 0.6 is 11.6 Å². The number of carbonyl (C=O) groups is 2. The smallest absolute Gasteiger partial charge is 0.323 e. The van der Waals surface area contributed by atoms with Gasteiger partial charge in [0.25, 0.3) is 0 Å². The predicted molar refractivity (Wildman–Crippen MR) is 47.2 cm³/mol. The topological polar surface area (TPSA) is 49.4 Å². The van der Waals surface area contributed by atoms with Crippen molar-refractivity contribution in [1.29, 1.82) is 0 Å². The van der Waals surface area contributed by atoms with E-state index in [2.05, 4.69) is 5.32 Å². The van der Waals surface area contributed by atoms with E-state index in [-0.39, 0.29) is 5.88 Å². The quantitative estimate of drug-likeness (QED) is 0.673. The number of urea groups is 1. The molecule has 0 aliphatic rings. The largest absolute Gasteiger partial charge is 0.328 e. The van der Waals surface area contributed by atoms with Gasteiger partial charge in [0.2, 0.25) is 5.91 Å². The molecular formula is C7H13ClN2O2. The Labute approximate surface area is 76.9 Å². The third-order valence-electron chi connectivity index (χ3n) is 1.27. The summed E-state index contributed by atoms with van der Waals surface area (Å²) >= 11 is 5.20. The minimum absolute atomic E-state index is 0.189. The summed E-state index contributed by atoms with van der Waals surface area (Å²) in [5.74, 6) is -0.657. The molecule has 3 amide bonds. The molecule has 0 fully saturated rings. The number of nitrogens with zero attached hydrogens (tertiary/aromatic N) is 1. The zero-order valence-electron chi connectivity index (χ0n) is 7.26. The van der Waals surface area contributed by atoms with Gasteiger partial charge in [0.1, 0.15) is 5.88 Å². The van der Waals surface area contributed by atoms with Crippen molar-refractivity contribution in [3.05, 3.63) is 0 Å². The Kier molecular flexibility index (Phi) is 5.45. The first kappa shape index (κ1) is 11.2. The molecule has 0 aliphatic carbocycles. The van der Waals surface area contributed by atoms with Crippen molar-refractivity contribution in [1.82, 2.24) is 10.2 Å². The zero-order valence-corrected chi connectivity index (χ0v) is 8.02. The SMILES string of the molecule is CCCN(C)C(=O)NC(=O)CCl. The maximum Gasteiger partial charge on any atom is 0.323 e. The fraction of sp³-hybridized carbons (Fsp3) is 0.714. The van der Waals surface area contributed by atoms with Gasteiger partial charge >= 0.3 is 6.03 Å². The Hall–Kier alpha value is -0.770. The number of imide groups is 1. The molecule has 0 atom stereocenters. The zero-order chi connectivity index (χ0) is 9.56. The number of alkyl halides is 1. The third kappa shape index (κ3) is 4.18. The summed E-state index contributed by atoms with van der Waals surface area (Å²) in [4.78, 5) is 23.1. The number of hydrogen-bond donors (Lipinski definition) is 1. The molecule has 0 rings (SSSR count). The van der Waals surface area contributed by atoms with Gasteiger partial charge in [-0.15, -0.1) is 11.6 Å². The first-order chi connectivity index (χ1) is 5.61. The van der Waals surface area contributed by atoms with E-state index < -0.39 is 11.9 Å². The molecule has 0 saturated carbocycles. The molecule has 0 heterocycles. The van der Waals surface area contributed by atoms with Gasteiger partial charge in [-0.3, -0.25) is 10.1 Å². The van der Waals surface area contributed by atoms with E-state index in [1.54, 1.807) is 7.05 Å². The third-order valence-corrected chi connectivity index (χ3v) is 1.52. The Morgan fingerprint density at radius 3 is 2.50 bits per heavy atom. The number of halogens is 1. The first-order valence-corrected chi connectivity index (χ1v) is 4.26. The highest BCUT2D eigenvalue weighted by molar-refractivity contribution is 6.28. The lowest BCUT2D eigenvalue weighted by molar-refractivity contribution is -0.117. The van der Waals surface area contributed by atoms with Crippen LogP contribution in [0, 0.1) is 0 Å². The van der Waals surface area contributed by atoms with Crippen molar-refractivity contribution < 1.29 is 9.59 Å². The van der Waals surface area contributed by atoms with E-state index in [0.29, 0.717) is 6.54 Å². The highest BCUT2D eigenvalue weighted by Crippen LogP contribution is 1.87. The average Bonchev–Trinajstić information content (AvgIpc) is 2.04. The second kappa shape index (κ2) is 5.83. The summed E-state index contributed by atoms with van der Waals surface area (Å²) in [7, 11) is 1.63. The molecule has 12 heavy (non-hydrogen) atoms. The average molecular weight is 193 g/mol. The molecule has 0 saturated heterocycles. The van der Waals surface area contributed by atoms with E-state index in [4.69, 9.17) is 11.6 Å². The van der Waals surface area contributed by atoms with Crippen molar-refractivity contribution in [3.63, 3.8) is 0 Å². The first-order valence-electron chi connectivity index (χ1n) is 3.72. The fourth-order valence-corrected chi connectivity index (χ4v) is 0.752. The molecule has 1 N–H and O–H groups in total. The number of hydrogen-bond acceptors (Lipinski definition) is 2. The molecule has 5 heteroatoms. The van der Waals surface area contributed by atoms with Crippen molar-refractivity contribution in [2.45, 2.75) is 13.3 Å². The van der Waals surface area contributed by atoms with Crippen molar-refractivity contribution >= 4 is 23.5 Å². The molecule has 70 valence electrons. The van der Waals surface area contributed by atoms with Crippen LogP contribution in [0.25, 0.3) is 0 Å². The number of amides is 3. The van der Waals surface area contributed by atoms with Gasteiger partial charge in [-0.25, -0.2) is 4.79 Å². The fourth-order valence-electron chi connectivity index (χ4n) is 0.685. The highest BCUT2D eigenvalue weighted by atomic mass is 35.5. The molecule has 0 aromatic heterocycles. The summed E-state index contributed by atoms with van der Waals surface area (Å²) in [6.45, 7) is 2.58. The molecule has 0 unspecified atom stereocenters. The molecule has 0 aromatic rings. The monoisotopic (exact) mass is 192 g/mol. The lowest BCUT2D eigenvalue weighted by Gasteiger charge is -2.15. The van der Waals surface area contributed by atoms with Crippen molar-refractivity contribution in [2.75, 3.05) is 19.5 Å². The molecule has 4 nitrogen and oxygen atoms in total. The van der Waals surface area contributed by atoms with Crippen LogP contribution in [-0.2, 0) is 4.79 Å². The number of nitrogens with one attached hydrogen (secondary N) is 1. The summed E-state index contributed by atoms with van der Waals surface area (Å²) in [5.41, 5.74) is 0. The van der Waals surface area contributed by atoms with E-state index in [0.717, 1.165) is 6.42 Å². The van der Waals surface area contributed by atoms with Crippen molar-refractivity contribution in [2.24, 2.45) is 0 Å². The summed E-state index contributed by atoms with van der Waals surface area (Å²) in [5, 5.41) is 2.13. The molecular weight excluding hydrogens is 180 g/mol. The second-order valence-electron chi connectivity index (χ2n) is 2.41. The van der Waals surface area contributed by atoms with Crippen molar-refractivity contribution in [3.8, 4) is 0 Å². The minimum Gasteiger partial charge on any atom is -0.328 e. The Morgan fingerprint density at radius 2 is 2.08 bits per heavy atom. The minimum atomic E-state index is -0.468. The van der Waals surface area contributed by atoms with Crippen LogP contribution in [0.4, 0.5) is 4.79 Å². The van der Waals surface area contributed by atoms with Crippen LogP contribution in [0.15, 0.2) is 0 Å². The molecule has 0 radical (unpaired) electrons. The molecule has 0 aliphatic heterocycles. The van der Waals surface area contributed by atoms with Gasteiger partial charge in [0.15, 0.2) is 0 Å². The number of rotatable bonds is 3.